The van der Waals surface area contributed by atoms with Gasteiger partial charge in [0.15, 0.2) is 0 Å². The highest BCUT2D eigenvalue weighted by atomic mass is 16.3. The zero-order valence-corrected chi connectivity index (χ0v) is 12.8. The van der Waals surface area contributed by atoms with Crippen LogP contribution in [0.15, 0.2) is 18.2 Å². The Balaban J connectivity index is 1.59. The minimum atomic E-state index is -0.134. The van der Waals surface area contributed by atoms with E-state index in [9.17, 15) is 4.79 Å². The highest BCUT2D eigenvalue weighted by Crippen LogP contribution is 2.17. The van der Waals surface area contributed by atoms with Crippen molar-refractivity contribution in [1.29, 1.82) is 0 Å². The van der Waals surface area contributed by atoms with E-state index < -0.39 is 0 Å². The van der Waals surface area contributed by atoms with Gasteiger partial charge in [0.1, 0.15) is 12.4 Å². The summed E-state index contributed by atoms with van der Waals surface area (Å²) in [6.07, 6.45) is 3.46. The number of aromatic amines is 1. The largest absolute Gasteiger partial charge is 0.388 e. The molecule has 1 amide bonds. The van der Waals surface area contributed by atoms with Crippen molar-refractivity contribution in [1.82, 2.24) is 20.2 Å². The number of benzene rings is 1. The Bertz CT molecular complexity index is 667. The number of aliphatic hydroxyl groups excluding tert-OH is 1. The van der Waals surface area contributed by atoms with E-state index in [1.807, 2.05) is 0 Å². The molecule has 1 unspecified atom stereocenters. The van der Waals surface area contributed by atoms with Crippen LogP contribution in [-0.4, -0.2) is 52.1 Å². The number of nitrogens with one attached hydrogen (secondary N) is 2. The second kappa shape index (κ2) is 6.46. The van der Waals surface area contributed by atoms with Crippen LogP contribution < -0.4 is 5.32 Å². The van der Waals surface area contributed by atoms with Gasteiger partial charge in [0, 0.05) is 18.2 Å². The Morgan fingerprint density at radius 2 is 2.41 bits per heavy atom. The van der Waals surface area contributed by atoms with Crippen LogP contribution in [0.2, 0.25) is 0 Å². The maximum Gasteiger partial charge on any atom is 0.251 e. The molecule has 0 radical (unpaired) electrons. The Kier molecular flexibility index (Phi) is 4.40. The molecule has 3 N–H and O–H groups in total. The molecule has 3 rings (SSSR count). The molecule has 1 atom stereocenters. The van der Waals surface area contributed by atoms with Crippen molar-refractivity contribution >= 4 is 16.9 Å². The SMILES string of the molecule is CN1CCCC1CCNC(=O)c1ccc2nc(CO)[nH]c2c1. The molecular formula is C16H22N4O2. The monoisotopic (exact) mass is 302 g/mol. The number of imidazole rings is 1. The van der Waals surface area contributed by atoms with Crippen LogP contribution in [0.3, 0.4) is 0 Å². The van der Waals surface area contributed by atoms with Crippen LogP contribution in [0, 0.1) is 0 Å². The van der Waals surface area contributed by atoms with Crippen LogP contribution >= 0.6 is 0 Å². The normalized spacial score (nSPS) is 18.9. The number of amides is 1. The van der Waals surface area contributed by atoms with Gasteiger partial charge in [-0.05, 0) is 51.1 Å². The van der Waals surface area contributed by atoms with E-state index in [0.29, 0.717) is 24.0 Å². The average molecular weight is 302 g/mol. The second-order valence-electron chi connectivity index (χ2n) is 5.89. The maximum atomic E-state index is 12.2. The molecule has 22 heavy (non-hydrogen) atoms. The summed E-state index contributed by atoms with van der Waals surface area (Å²) in [5.41, 5.74) is 2.14. The molecule has 0 spiro atoms. The van der Waals surface area contributed by atoms with E-state index in [1.54, 1.807) is 18.2 Å². The highest BCUT2D eigenvalue weighted by molar-refractivity contribution is 5.97. The molecule has 6 nitrogen and oxygen atoms in total. The van der Waals surface area contributed by atoms with Gasteiger partial charge in [0.05, 0.1) is 11.0 Å². The molecule has 1 aliphatic rings. The van der Waals surface area contributed by atoms with Crippen LogP contribution in [0.5, 0.6) is 0 Å². The molecule has 1 aliphatic heterocycles. The molecule has 0 aliphatic carbocycles. The van der Waals surface area contributed by atoms with Crippen molar-refractivity contribution in [2.24, 2.45) is 0 Å². The predicted octanol–water partition coefficient (Wildman–Crippen LogP) is 1.27. The van der Waals surface area contributed by atoms with E-state index in [0.717, 1.165) is 24.0 Å². The van der Waals surface area contributed by atoms with Crippen molar-refractivity contribution < 1.29 is 9.90 Å². The van der Waals surface area contributed by atoms with E-state index in [4.69, 9.17) is 5.11 Å². The molecule has 0 bridgehead atoms. The molecule has 2 heterocycles. The van der Waals surface area contributed by atoms with Gasteiger partial charge >= 0.3 is 0 Å². The predicted molar refractivity (Wildman–Crippen MR) is 84.6 cm³/mol. The van der Waals surface area contributed by atoms with Crippen LogP contribution in [-0.2, 0) is 6.61 Å². The summed E-state index contributed by atoms with van der Waals surface area (Å²) in [5.74, 6) is 0.444. The summed E-state index contributed by atoms with van der Waals surface area (Å²) in [5, 5.41) is 12.1. The number of carbonyl (C=O) groups is 1. The number of likely N-dealkylation sites (tertiary alicyclic amines) is 1. The number of aromatic nitrogens is 2. The summed E-state index contributed by atoms with van der Waals surface area (Å²) < 4.78 is 0. The molecule has 0 saturated carbocycles. The topological polar surface area (TPSA) is 81.2 Å². The number of aliphatic hydroxyl groups is 1. The standard InChI is InChI=1S/C16H22N4O2/c1-20-8-2-3-12(20)6-7-17-16(22)11-4-5-13-14(9-11)19-15(10-21)18-13/h4-5,9,12,21H,2-3,6-8,10H2,1H3,(H,17,22)(H,18,19). The molecule has 6 heteroatoms. The van der Waals surface area contributed by atoms with Gasteiger partial charge in [0.2, 0.25) is 0 Å². The van der Waals surface area contributed by atoms with Gasteiger partial charge in [-0.15, -0.1) is 0 Å². The van der Waals surface area contributed by atoms with Gasteiger partial charge < -0.3 is 20.3 Å². The smallest absolute Gasteiger partial charge is 0.251 e. The third kappa shape index (κ3) is 3.13. The first-order valence-electron chi connectivity index (χ1n) is 7.75. The van der Waals surface area contributed by atoms with Crippen molar-refractivity contribution in [3.05, 3.63) is 29.6 Å². The van der Waals surface area contributed by atoms with Gasteiger partial charge in [-0.25, -0.2) is 4.98 Å². The first-order valence-corrected chi connectivity index (χ1v) is 7.75. The Hall–Kier alpha value is -1.92. The van der Waals surface area contributed by atoms with Crippen molar-refractivity contribution in [2.45, 2.75) is 31.9 Å². The first-order chi connectivity index (χ1) is 10.7. The summed E-state index contributed by atoms with van der Waals surface area (Å²) in [6.45, 7) is 1.71. The number of fused-ring (bicyclic) bond motifs is 1. The number of carbonyl (C=O) groups excluding carboxylic acids is 1. The molecule has 1 saturated heterocycles. The summed E-state index contributed by atoms with van der Waals surface area (Å²) in [7, 11) is 2.14. The Labute approximate surface area is 129 Å². The summed E-state index contributed by atoms with van der Waals surface area (Å²) in [4.78, 5) is 21.8. The summed E-state index contributed by atoms with van der Waals surface area (Å²) >= 11 is 0. The van der Waals surface area contributed by atoms with Crippen LogP contribution in [0.4, 0.5) is 0 Å². The van der Waals surface area contributed by atoms with E-state index >= 15 is 0 Å². The highest BCUT2D eigenvalue weighted by Gasteiger charge is 2.20. The molecular weight excluding hydrogens is 280 g/mol. The van der Waals surface area contributed by atoms with Crippen LogP contribution in [0.25, 0.3) is 11.0 Å². The minimum absolute atomic E-state index is 0.0669. The van der Waals surface area contributed by atoms with Crippen LogP contribution in [0.1, 0.15) is 35.4 Å². The zero-order valence-electron chi connectivity index (χ0n) is 12.8. The van der Waals surface area contributed by atoms with Gasteiger partial charge in [-0.2, -0.15) is 0 Å². The quantitative estimate of drug-likeness (QED) is 0.777. The lowest BCUT2D eigenvalue weighted by atomic mass is 10.1. The van der Waals surface area contributed by atoms with E-state index in [-0.39, 0.29) is 12.5 Å². The van der Waals surface area contributed by atoms with E-state index in [1.165, 1.54) is 12.8 Å². The third-order valence-electron chi connectivity index (χ3n) is 4.38. The number of H-pyrrole nitrogens is 1. The van der Waals surface area contributed by atoms with E-state index in [2.05, 4.69) is 27.2 Å². The lowest BCUT2D eigenvalue weighted by Crippen LogP contribution is -2.31. The molecule has 118 valence electrons. The number of hydrogen-bond acceptors (Lipinski definition) is 4. The number of rotatable bonds is 5. The molecule has 1 aromatic heterocycles. The molecule has 1 fully saturated rings. The summed E-state index contributed by atoms with van der Waals surface area (Å²) in [6, 6.07) is 5.92. The van der Waals surface area contributed by atoms with Crippen molar-refractivity contribution in [2.75, 3.05) is 20.1 Å². The third-order valence-corrected chi connectivity index (χ3v) is 4.38. The zero-order chi connectivity index (χ0) is 15.5. The molecule has 2 aromatic rings. The molecule has 1 aromatic carbocycles. The minimum Gasteiger partial charge on any atom is -0.388 e. The second-order valence-corrected chi connectivity index (χ2v) is 5.89. The number of hydrogen-bond donors (Lipinski definition) is 3. The van der Waals surface area contributed by atoms with Gasteiger partial charge in [-0.1, -0.05) is 0 Å². The number of nitrogens with zero attached hydrogens (tertiary/aromatic N) is 2. The van der Waals surface area contributed by atoms with Crippen molar-refractivity contribution in [3.8, 4) is 0 Å². The Morgan fingerprint density at radius 3 is 3.14 bits per heavy atom. The van der Waals surface area contributed by atoms with Gasteiger partial charge in [0.25, 0.3) is 5.91 Å². The fourth-order valence-electron chi connectivity index (χ4n) is 3.08. The first kappa shape index (κ1) is 15.0. The Morgan fingerprint density at radius 1 is 1.55 bits per heavy atom. The average Bonchev–Trinajstić information content (AvgIpc) is 3.12. The lowest BCUT2D eigenvalue weighted by Gasteiger charge is -2.19. The fourth-order valence-corrected chi connectivity index (χ4v) is 3.08. The van der Waals surface area contributed by atoms with Crippen molar-refractivity contribution in [3.63, 3.8) is 0 Å². The lowest BCUT2D eigenvalue weighted by molar-refractivity contribution is 0.0950. The van der Waals surface area contributed by atoms with Gasteiger partial charge in [-0.3, -0.25) is 4.79 Å². The fraction of sp³-hybridized carbons (Fsp3) is 0.500. The maximum absolute atomic E-state index is 12.2.